The van der Waals surface area contributed by atoms with Crippen LogP contribution in [0.1, 0.15) is 20.7 Å². The zero-order chi connectivity index (χ0) is 16.8. The number of carbonyl (C=O) groups is 2. The van der Waals surface area contributed by atoms with Crippen molar-refractivity contribution >= 4 is 52.3 Å². The Morgan fingerprint density at radius 1 is 0.826 bits per heavy atom. The smallest absolute Gasteiger partial charge is 0.269 e. The highest BCUT2D eigenvalue weighted by Crippen LogP contribution is 2.10. The third kappa shape index (κ3) is 5.21. The van der Waals surface area contributed by atoms with E-state index < -0.39 is 11.8 Å². The Balaban J connectivity index is 1.86. The summed E-state index contributed by atoms with van der Waals surface area (Å²) in [5, 5.41) is 3.36. The summed E-state index contributed by atoms with van der Waals surface area (Å²) in [6, 6.07) is 12.7. The van der Waals surface area contributed by atoms with Crippen molar-refractivity contribution in [2.45, 2.75) is 0 Å². The molecule has 0 aliphatic rings. The van der Waals surface area contributed by atoms with Crippen molar-refractivity contribution in [2.75, 3.05) is 0 Å². The number of hydrogen-bond donors (Lipinski definition) is 3. The molecule has 2 amide bonds. The van der Waals surface area contributed by atoms with E-state index in [0.29, 0.717) is 21.2 Å². The van der Waals surface area contributed by atoms with Gasteiger partial charge in [0, 0.05) is 21.2 Å². The van der Waals surface area contributed by atoms with Crippen LogP contribution in [-0.2, 0) is 0 Å². The van der Waals surface area contributed by atoms with Crippen molar-refractivity contribution in [3.8, 4) is 0 Å². The lowest BCUT2D eigenvalue weighted by Gasteiger charge is -2.11. The summed E-state index contributed by atoms with van der Waals surface area (Å²) in [6.45, 7) is 0. The van der Waals surface area contributed by atoms with E-state index in [1.807, 2.05) is 0 Å². The van der Waals surface area contributed by atoms with Gasteiger partial charge in [-0.05, 0) is 54.7 Å². The van der Waals surface area contributed by atoms with Crippen molar-refractivity contribution in [3.05, 3.63) is 69.7 Å². The average molecular weight is 368 g/mol. The predicted molar refractivity (Wildman–Crippen MR) is 93.6 cm³/mol. The minimum absolute atomic E-state index is 0.0414. The number of halogens is 2. The SMILES string of the molecule is O=C(NNC(=S)NC(=O)c1ccc(Cl)cc1)c1cccc(Cl)c1. The average Bonchev–Trinajstić information content (AvgIpc) is 2.53. The molecule has 23 heavy (non-hydrogen) atoms. The molecule has 5 nitrogen and oxygen atoms in total. The van der Waals surface area contributed by atoms with E-state index in [1.165, 1.54) is 6.07 Å². The number of benzene rings is 2. The lowest BCUT2D eigenvalue weighted by atomic mass is 10.2. The summed E-state index contributed by atoms with van der Waals surface area (Å²) in [6.07, 6.45) is 0. The van der Waals surface area contributed by atoms with Crippen LogP contribution >= 0.6 is 35.4 Å². The van der Waals surface area contributed by atoms with E-state index in [9.17, 15) is 9.59 Å². The van der Waals surface area contributed by atoms with Crippen LogP contribution in [0.15, 0.2) is 48.5 Å². The number of hydrazine groups is 1. The van der Waals surface area contributed by atoms with Crippen LogP contribution < -0.4 is 16.2 Å². The molecule has 0 saturated heterocycles. The Bertz CT molecular complexity index is 751. The molecule has 8 heteroatoms. The Hall–Kier alpha value is -2.15. The van der Waals surface area contributed by atoms with Crippen LogP contribution in [0.3, 0.4) is 0 Å². The summed E-state index contributed by atoms with van der Waals surface area (Å²) in [4.78, 5) is 23.8. The molecule has 0 heterocycles. The Kier molecular flexibility index (Phi) is 5.92. The van der Waals surface area contributed by atoms with Gasteiger partial charge in [0.05, 0.1) is 0 Å². The molecule has 0 unspecified atom stereocenters. The van der Waals surface area contributed by atoms with Crippen molar-refractivity contribution in [3.63, 3.8) is 0 Å². The van der Waals surface area contributed by atoms with Crippen LogP contribution in [0.5, 0.6) is 0 Å². The Morgan fingerprint density at radius 2 is 1.52 bits per heavy atom. The maximum Gasteiger partial charge on any atom is 0.269 e. The molecule has 3 N–H and O–H groups in total. The van der Waals surface area contributed by atoms with Crippen LogP contribution in [0.2, 0.25) is 10.0 Å². The van der Waals surface area contributed by atoms with Crippen LogP contribution in [0.4, 0.5) is 0 Å². The van der Waals surface area contributed by atoms with Gasteiger partial charge in [-0.15, -0.1) is 0 Å². The van der Waals surface area contributed by atoms with Gasteiger partial charge in [0.15, 0.2) is 5.11 Å². The molecule has 0 aliphatic heterocycles. The number of rotatable bonds is 2. The highest BCUT2D eigenvalue weighted by Gasteiger charge is 2.09. The van der Waals surface area contributed by atoms with Gasteiger partial charge in [-0.25, -0.2) is 0 Å². The minimum atomic E-state index is -0.435. The number of amides is 2. The van der Waals surface area contributed by atoms with Gasteiger partial charge in [-0.2, -0.15) is 0 Å². The summed E-state index contributed by atoms with van der Waals surface area (Å²) in [5.74, 6) is -0.855. The standard InChI is InChI=1S/C15H11Cl2N3O2S/c16-11-6-4-9(5-7-11)13(21)18-15(23)20-19-14(22)10-2-1-3-12(17)8-10/h1-8H,(H,19,22)(H2,18,20,21,23). The van der Waals surface area contributed by atoms with Gasteiger partial charge in [-0.1, -0.05) is 29.3 Å². The molecule has 2 aromatic rings. The number of nitrogens with one attached hydrogen (secondary N) is 3. The Labute approximate surface area is 147 Å². The highest BCUT2D eigenvalue weighted by molar-refractivity contribution is 7.80. The third-order valence-electron chi connectivity index (χ3n) is 2.71. The van der Waals surface area contributed by atoms with Gasteiger partial charge in [0.1, 0.15) is 0 Å². The molecule has 0 bridgehead atoms. The molecular formula is C15H11Cl2N3O2S. The third-order valence-corrected chi connectivity index (χ3v) is 3.40. The minimum Gasteiger partial charge on any atom is -0.298 e. The second-order valence-corrected chi connectivity index (χ2v) is 5.66. The molecule has 0 radical (unpaired) electrons. The molecule has 0 spiro atoms. The number of carbonyl (C=O) groups excluding carboxylic acids is 2. The van der Waals surface area contributed by atoms with Gasteiger partial charge < -0.3 is 0 Å². The highest BCUT2D eigenvalue weighted by atomic mass is 35.5. The van der Waals surface area contributed by atoms with Gasteiger partial charge in [-0.3, -0.25) is 25.8 Å². The van der Waals surface area contributed by atoms with Crippen molar-refractivity contribution in [1.82, 2.24) is 16.2 Å². The molecule has 2 aromatic carbocycles. The van der Waals surface area contributed by atoms with Gasteiger partial charge >= 0.3 is 0 Å². The first-order chi connectivity index (χ1) is 11.0. The van der Waals surface area contributed by atoms with Crippen LogP contribution in [-0.4, -0.2) is 16.9 Å². The van der Waals surface area contributed by atoms with E-state index in [1.54, 1.807) is 42.5 Å². The maximum atomic E-state index is 11.9. The van der Waals surface area contributed by atoms with Gasteiger partial charge in [0.25, 0.3) is 11.8 Å². The van der Waals surface area contributed by atoms with Crippen LogP contribution in [0, 0.1) is 0 Å². The van der Waals surface area contributed by atoms with Crippen molar-refractivity contribution < 1.29 is 9.59 Å². The van der Waals surface area contributed by atoms with E-state index >= 15 is 0 Å². The van der Waals surface area contributed by atoms with Crippen molar-refractivity contribution in [1.29, 1.82) is 0 Å². The van der Waals surface area contributed by atoms with Crippen LogP contribution in [0.25, 0.3) is 0 Å². The largest absolute Gasteiger partial charge is 0.298 e. The topological polar surface area (TPSA) is 70.2 Å². The molecule has 2 rings (SSSR count). The van der Waals surface area contributed by atoms with E-state index in [0.717, 1.165) is 0 Å². The first kappa shape index (κ1) is 17.2. The Morgan fingerprint density at radius 3 is 2.17 bits per heavy atom. The lowest BCUT2D eigenvalue weighted by molar-refractivity contribution is 0.0934. The quantitative estimate of drug-likeness (QED) is 0.563. The first-order valence-electron chi connectivity index (χ1n) is 6.38. The monoisotopic (exact) mass is 367 g/mol. The van der Waals surface area contributed by atoms with Gasteiger partial charge in [0.2, 0.25) is 0 Å². The second kappa shape index (κ2) is 7.92. The molecular weight excluding hydrogens is 357 g/mol. The summed E-state index contributed by atoms with van der Waals surface area (Å²) in [5.41, 5.74) is 5.56. The second-order valence-electron chi connectivity index (χ2n) is 4.38. The van der Waals surface area contributed by atoms with E-state index in [2.05, 4.69) is 16.2 Å². The van der Waals surface area contributed by atoms with Crippen molar-refractivity contribution in [2.24, 2.45) is 0 Å². The predicted octanol–water partition coefficient (Wildman–Crippen LogP) is 2.94. The fraction of sp³-hybridized carbons (Fsp3) is 0. The number of hydrogen-bond acceptors (Lipinski definition) is 3. The molecule has 118 valence electrons. The van der Waals surface area contributed by atoms with E-state index in [4.69, 9.17) is 35.4 Å². The summed E-state index contributed by atoms with van der Waals surface area (Å²) >= 11 is 16.5. The summed E-state index contributed by atoms with van der Waals surface area (Å²) < 4.78 is 0. The molecule has 0 saturated carbocycles. The number of thiocarbonyl (C=S) groups is 1. The maximum absolute atomic E-state index is 11.9. The lowest BCUT2D eigenvalue weighted by Crippen LogP contribution is -2.48. The molecule has 0 fully saturated rings. The molecule has 0 aliphatic carbocycles. The molecule has 0 atom stereocenters. The fourth-order valence-corrected chi connectivity index (χ4v) is 2.08. The first-order valence-corrected chi connectivity index (χ1v) is 7.55. The fourth-order valence-electron chi connectivity index (χ4n) is 1.62. The zero-order valence-electron chi connectivity index (χ0n) is 11.6. The normalized spacial score (nSPS) is 9.83. The molecule has 0 aromatic heterocycles. The van der Waals surface area contributed by atoms with E-state index in [-0.39, 0.29) is 5.11 Å². The zero-order valence-corrected chi connectivity index (χ0v) is 13.9. The summed E-state index contributed by atoms with van der Waals surface area (Å²) in [7, 11) is 0.